The number of aryl methyl sites for hydroxylation is 2. The molecule has 0 aromatic heterocycles. The van der Waals surface area contributed by atoms with E-state index >= 15 is 0 Å². The first kappa shape index (κ1) is 26.6. The van der Waals surface area contributed by atoms with E-state index in [4.69, 9.17) is 4.74 Å². The SMILES string of the molecule is Cc1cc(C)c(C2CCCC(NC(=O)[C@H](NC(=O)OC(C)(C)C)C(C)C)C2)c(C)c1CS. The van der Waals surface area contributed by atoms with Crippen molar-refractivity contribution in [3.05, 3.63) is 33.9 Å². The van der Waals surface area contributed by atoms with E-state index in [2.05, 4.69) is 50.1 Å². The van der Waals surface area contributed by atoms with Gasteiger partial charge in [0, 0.05) is 11.8 Å². The highest BCUT2D eigenvalue weighted by molar-refractivity contribution is 7.79. The average molecular weight is 463 g/mol. The molecule has 2 N–H and O–H groups in total. The zero-order valence-corrected chi connectivity index (χ0v) is 22.0. The molecule has 2 rings (SSSR count). The number of amides is 2. The Morgan fingerprint density at radius 2 is 1.81 bits per heavy atom. The Balaban J connectivity index is 2.12. The molecule has 0 aliphatic heterocycles. The quantitative estimate of drug-likeness (QED) is 0.473. The molecule has 6 heteroatoms. The van der Waals surface area contributed by atoms with Crippen LogP contribution in [0.15, 0.2) is 6.07 Å². The van der Waals surface area contributed by atoms with Gasteiger partial charge in [-0.15, -0.1) is 0 Å². The molecule has 3 atom stereocenters. The maximum atomic E-state index is 13.1. The second-order valence-corrected chi connectivity index (χ2v) is 10.9. The van der Waals surface area contributed by atoms with E-state index < -0.39 is 17.7 Å². The number of rotatable bonds is 6. The largest absolute Gasteiger partial charge is 0.444 e. The average Bonchev–Trinajstić information content (AvgIpc) is 2.64. The van der Waals surface area contributed by atoms with Crippen LogP contribution in [0.5, 0.6) is 0 Å². The van der Waals surface area contributed by atoms with Crippen LogP contribution in [-0.2, 0) is 15.3 Å². The van der Waals surface area contributed by atoms with Gasteiger partial charge in [0.25, 0.3) is 0 Å². The molecule has 0 bridgehead atoms. The highest BCUT2D eigenvalue weighted by atomic mass is 32.1. The van der Waals surface area contributed by atoms with Crippen LogP contribution in [0.1, 0.15) is 94.0 Å². The second kappa shape index (κ2) is 11.0. The van der Waals surface area contributed by atoms with E-state index in [1.807, 2.05) is 34.6 Å². The molecule has 0 heterocycles. The Hall–Kier alpha value is -1.69. The first-order valence-electron chi connectivity index (χ1n) is 11.8. The van der Waals surface area contributed by atoms with Crippen LogP contribution in [0.3, 0.4) is 0 Å². The molecular weight excluding hydrogens is 420 g/mol. The summed E-state index contributed by atoms with van der Waals surface area (Å²) in [6.07, 6.45) is 3.53. The number of alkyl carbamates (subject to hydrolysis) is 1. The maximum absolute atomic E-state index is 13.1. The lowest BCUT2D eigenvalue weighted by atomic mass is 9.76. The van der Waals surface area contributed by atoms with Gasteiger partial charge in [0.1, 0.15) is 11.6 Å². The van der Waals surface area contributed by atoms with Crippen molar-refractivity contribution in [3.63, 3.8) is 0 Å². The van der Waals surface area contributed by atoms with Gasteiger partial charge in [0.15, 0.2) is 0 Å². The van der Waals surface area contributed by atoms with E-state index in [1.54, 1.807) is 0 Å². The Morgan fingerprint density at radius 3 is 2.38 bits per heavy atom. The summed E-state index contributed by atoms with van der Waals surface area (Å²) < 4.78 is 5.35. The van der Waals surface area contributed by atoms with Crippen LogP contribution in [0, 0.1) is 26.7 Å². The van der Waals surface area contributed by atoms with E-state index in [0.29, 0.717) is 5.92 Å². The minimum atomic E-state index is -0.621. The molecule has 0 saturated heterocycles. The predicted octanol–water partition coefficient (Wildman–Crippen LogP) is 5.73. The van der Waals surface area contributed by atoms with E-state index in [9.17, 15) is 9.59 Å². The monoisotopic (exact) mass is 462 g/mol. The number of thiol groups is 1. The molecule has 0 radical (unpaired) electrons. The molecular formula is C26H42N2O3S. The third-order valence-electron chi connectivity index (χ3n) is 6.40. The number of hydrogen-bond acceptors (Lipinski definition) is 4. The summed E-state index contributed by atoms with van der Waals surface area (Å²) in [5.41, 5.74) is 6.11. The lowest BCUT2D eigenvalue weighted by Crippen LogP contribution is -2.53. The predicted molar refractivity (Wildman–Crippen MR) is 134 cm³/mol. The highest BCUT2D eigenvalue weighted by Crippen LogP contribution is 2.38. The summed E-state index contributed by atoms with van der Waals surface area (Å²) in [5, 5.41) is 5.99. The minimum Gasteiger partial charge on any atom is -0.444 e. The zero-order chi connectivity index (χ0) is 24.2. The minimum absolute atomic E-state index is 0.0403. The standard InChI is InChI=1S/C26H42N2O3S/c1-15(2)23(28-25(30)31-26(6,7)8)24(29)27-20-11-9-10-19(13-20)22-17(4)12-16(3)21(14-32)18(22)5/h12,15,19-20,23,32H,9-11,13-14H2,1-8H3,(H,27,29)(H,28,30)/t19?,20?,23-/m1/s1. The van der Waals surface area contributed by atoms with Crippen molar-refractivity contribution in [3.8, 4) is 0 Å². The Bertz CT molecular complexity index is 829. The molecule has 2 unspecified atom stereocenters. The number of ether oxygens (including phenoxy) is 1. The van der Waals surface area contributed by atoms with Crippen molar-refractivity contribution in [2.45, 2.75) is 110 Å². The summed E-state index contributed by atoms with van der Waals surface area (Å²) >= 11 is 4.55. The summed E-state index contributed by atoms with van der Waals surface area (Å²) in [6, 6.07) is 1.75. The molecule has 32 heavy (non-hydrogen) atoms. The van der Waals surface area contributed by atoms with Crippen molar-refractivity contribution in [2.24, 2.45) is 5.92 Å². The molecule has 180 valence electrons. The fourth-order valence-electron chi connectivity index (χ4n) is 4.96. The Labute approximate surface area is 199 Å². The van der Waals surface area contributed by atoms with Crippen molar-refractivity contribution < 1.29 is 14.3 Å². The normalized spacial score (nSPS) is 20.1. The number of nitrogens with one attached hydrogen (secondary N) is 2. The lowest BCUT2D eigenvalue weighted by molar-refractivity contribution is -0.125. The molecule has 1 aromatic carbocycles. The van der Waals surface area contributed by atoms with Crippen molar-refractivity contribution in [1.82, 2.24) is 10.6 Å². The maximum Gasteiger partial charge on any atom is 0.408 e. The summed E-state index contributed by atoms with van der Waals surface area (Å²) in [7, 11) is 0. The molecule has 1 aromatic rings. The van der Waals surface area contributed by atoms with Gasteiger partial charge < -0.3 is 15.4 Å². The molecule has 1 fully saturated rings. The first-order chi connectivity index (χ1) is 14.8. The summed E-state index contributed by atoms with van der Waals surface area (Å²) in [5.74, 6) is 0.987. The molecule has 5 nitrogen and oxygen atoms in total. The van der Waals surface area contributed by atoms with Crippen molar-refractivity contribution in [2.75, 3.05) is 0 Å². The van der Waals surface area contributed by atoms with Gasteiger partial charge in [0.2, 0.25) is 5.91 Å². The smallest absolute Gasteiger partial charge is 0.408 e. The third kappa shape index (κ3) is 6.90. The molecule has 1 aliphatic rings. The summed E-state index contributed by atoms with van der Waals surface area (Å²) in [6.45, 7) is 15.9. The molecule has 1 saturated carbocycles. The topological polar surface area (TPSA) is 67.4 Å². The van der Waals surface area contributed by atoms with Gasteiger partial charge in [-0.2, -0.15) is 12.6 Å². The van der Waals surface area contributed by atoms with Gasteiger partial charge in [-0.05, 0) is 100 Å². The lowest BCUT2D eigenvalue weighted by Gasteiger charge is -2.34. The number of hydrogen-bond donors (Lipinski definition) is 3. The molecule has 1 aliphatic carbocycles. The summed E-state index contributed by atoms with van der Waals surface area (Å²) in [4.78, 5) is 25.3. The van der Waals surface area contributed by atoms with Gasteiger partial charge >= 0.3 is 6.09 Å². The van der Waals surface area contributed by atoms with Crippen LogP contribution < -0.4 is 10.6 Å². The van der Waals surface area contributed by atoms with Gasteiger partial charge in [-0.3, -0.25) is 4.79 Å². The first-order valence-corrected chi connectivity index (χ1v) is 12.5. The van der Waals surface area contributed by atoms with Crippen LogP contribution in [0.2, 0.25) is 0 Å². The van der Waals surface area contributed by atoms with Crippen LogP contribution >= 0.6 is 12.6 Å². The molecule has 2 amide bonds. The number of benzene rings is 1. The zero-order valence-electron chi connectivity index (χ0n) is 21.1. The second-order valence-electron chi connectivity index (χ2n) is 10.6. The van der Waals surface area contributed by atoms with Gasteiger partial charge in [0.05, 0.1) is 0 Å². The van der Waals surface area contributed by atoms with Gasteiger partial charge in [-0.1, -0.05) is 26.3 Å². The molecule has 0 spiro atoms. The fourth-order valence-corrected chi connectivity index (χ4v) is 5.45. The van der Waals surface area contributed by atoms with Crippen molar-refractivity contribution >= 4 is 24.6 Å². The van der Waals surface area contributed by atoms with E-state index in [-0.39, 0.29) is 17.9 Å². The Morgan fingerprint density at radius 1 is 1.16 bits per heavy atom. The highest BCUT2D eigenvalue weighted by Gasteiger charge is 2.31. The van der Waals surface area contributed by atoms with Crippen LogP contribution in [-0.4, -0.2) is 29.7 Å². The van der Waals surface area contributed by atoms with Crippen LogP contribution in [0.25, 0.3) is 0 Å². The number of carbonyl (C=O) groups is 2. The fraction of sp³-hybridized carbons (Fsp3) is 0.692. The third-order valence-corrected chi connectivity index (χ3v) is 6.72. The van der Waals surface area contributed by atoms with Gasteiger partial charge in [-0.25, -0.2) is 4.79 Å². The Kier molecular flexibility index (Phi) is 9.09. The van der Waals surface area contributed by atoms with E-state index in [1.165, 1.54) is 27.8 Å². The van der Waals surface area contributed by atoms with E-state index in [0.717, 1.165) is 31.4 Å². The van der Waals surface area contributed by atoms with Crippen LogP contribution in [0.4, 0.5) is 4.79 Å². The van der Waals surface area contributed by atoms with Crippen molar-refractivity contribution in [1.29, 1.82) is 0 Å². The number of carbonyl (C=O) groups excluding carboxylic acids is 2.